The van der Waals surface area contributed by atoms with Gasteiger partial charge in [-0.3, -0.25) is 4.79 Å². The standard InChI is InChI=1S/C19H17ClN2O4S/c1-13-4-7-15(20)11-18(13)22-19(23)14-5-8-17(9-6-14)27(24,25)21-12-16-3-2-10-26-16/h2-11,21H,12H2,1H3,(H,22,23). The van der Waals surface area contributed by atoms with Gasteiger partial charge in [0.1, 0.15) is 5.76 Å². The predicted molar refractivity (Wildman–Crippen MR) is 103 cm³/mol. The van der Waals surface area contributed by atoms with Crippen LogP contribution in [0.4, 0.5) is 5.69 Å². The topological polar surface area (TPSA) is 88.4 Å². The van der Waals surface area contributed by atoms with E-state index in [-0.39, 0.29) is 17.3 Å². The molecule has 0 atom stereocenters. The molecule has 1 amide bonds. The molecule has 0 spiro atoms. The van der Waals surface area contributed by atoms with Crippen LogP contribution in [0.1, 0.15) is 21.7 Å². The monoisotopic (exact) mass is 404 g/mol. The molecule has 0 aliphatic carbocycles. The fourth-order valence-electron chi connectivity index (χ4n) is 2.37. The van der Waals surface area contributed by atoms with Crippen LogP contribution in [0.3, 0.4) is 0 Å². The van der Waals surface area contributed by atoms with Crippen molar-refractivity contribution in [2.24, 2.45) is 0 Å². The third kappa shape index (κ3) is 4.77. The molecule has 6 nitrogen and oxygen atoms in total. The zero-order valence-corrected chi connectivity index (χ0v) is 16.0. The number of halogens is 1. The Hall–Kier alpha value is -2.61. The number of nitrogens with one attached hydrogen (secondary N) is 2. The van der Waals surface area contributed by atoms with Crippen LogP contribution in [0.25, 0.3) is 0 Å². The molecule has 0 aliphatic heterocycles. The summed E-state index contributed by atoms with van der Waals surface area (Å²) in [6, 6.07) is 14.2. The molecule has 0 radical (unpaired) electrons. The normalized spacial score (nSPS) is 11.3. The highest BCUT2D eigenvalue weighted by atomic mass is 35.5. The van der Waals surface area contributed by atoms with Crippen LogP contribution in [-0.2, 0) is 16.6 Å². The third-order valence-electron chi connectivity index (χ3n) is 3.89. The number of hydrogen-bond donors (Lipinski definition) is 2. The summed E-state index contributed by atoms with van der Waals surface area (Å²) in [4.78, 5) is 12.4. The lowest BCUT2D eigenvalue weighted by atomic mass is 10.1. The molecule has 2 N–H and O–H groups in total. The summed E-state index contributed by atoms with van der Waals surface area (Å²) in [5.74, 6) is 0.152. The molecule has 0 saturated carbocycles. The second kappa shape index (κ2) is 7.96. The first-order valence-corrected chi connectivity index (χ1v) is 9.91. The van der Waals surface area contributed by atoms with Crippen molar-refractivity contribution in [1.82, 2.24) is 4.72 Å². The molecule has 0 aliphatic rings. The zero-order chi connectivity index (χ0) is 19.4. The number of furan rings is 1. The number of sulfonamides is 1. The molecule has 1 heterocycles. The Morgan fingerprint density at radius 2 is 1.85 bits per heavy atom. The van der Waals surface area contributed by atoms with Gasteiger partial charge in [-0.15, -0.1) is 0 Å². The maximum atomic E-state index is 12.4. The molecule has 3 rings (SSSR count). The fourth-order valence-corrected chi connectivity index (χ4v) is 3.54. The van der Waals surface area contributed by atoms with Gasteiger partial charge in [-0.05, 0) is 61.0 Å². The lowest BCUT2D eigenvalue weighted by Crippen LogP contribution is -2.23. The number of carbonyl (C=O) groups excluding carboxylic acids is 1. The molecular weight excluding hydrogens is 388 g/mol. The van der Waals surface area contributed by atoms with Gasteiger partial charge >= 0.3 is 0 Å². The van der Waals surface area contributed by atoms with Crippen LogP contribution >= 0.6 is 11.6 Å². The Kier molecular flexibility index (Phi) is 5.65. The van der Waals surface area contributed by atoms with Gasteiger partial charge < -0.3 is 9.73 Å². The van der Waals surface area contributed by atoms with Crippen molar-refractivity contribution in [3.63, 3.8) is 0 Å². The summed E-state index contributed by atoms with van der Waals surface area (Å²) in [6.45, 7) is 1.90. The number of aryl methyl sites for hydroxylation is 1. The van der Waals surface area contributed by atoms with Gasteiger partial charge in [-0.25, -0.2) is 13.1 Å². The van der Waals surface area contributed by atoms with Gasteiger partial charge in [0, 0.05) is 16.3 Å². The largest absolute Gasteiger partial charge is 0.468 e. The van der Waals surface area contributed by atoms with E-state index < -0.39 is 10.0 Å². The van der Waals surface area contributed by atoms with E-state index in [9.17, 15) is 13.2 Å². The van der Waals surface area contributed by atoms with E-state index in [2.05, 4.69) is 10.0 Å². The van der Waals surface area contributed by atoms with Gasteiger partial charge in [0.15, 0.2) is 0 Å². The molecule has 0 bridgehead atoms. The summed E-state index contributed by atoms with van der Waals surface area (Å²) in [7, 11) is -3.71. The average Bonchev–Trinajstić information content (AvgIpc) is 3.17. The second-order valence-corrected chi connectivity index (χ2v) is 8.05. The van der Waals surface area contributed by atoms with E-state index in [4.69, 9.17) is 16.0 Å². The molecule has 3 aromatic rings. The summed E-state index contributed by atoms with van der Waals surface area (Å²) in [6.07, 6.45) is 1.47. The molecule has 27 heavy (non-hydrogen) atoms. The van der Waals surface area contributed by atoms with E-state index in [1.807, 2.05) is 6.92 Å². The van der Waals surface area contributed by atoms with E-state index in [1.165, 1.54) is 30.5 Å². The molecular formula is C19H17ClN2O4S. The van der Waals surface area contributed by atoms with Crippen molar-refractivity contribution < 1.29 is 17.6 Å². The van der Waals surface area contributed by atoms with Crippen LogP contribution in [-0.4, -0.2) is 14.3 Å². The van der Waals surface area contributed by atoms with Gasteiger partial charge in [0.05, 0.1) is 17.7 Å². The summed E-state index contributed by atoms with van der Waals surface area (Å²) in [5.41, 5.74) is 1.80. The molecule has 0 saturated heterocycles. The van der Waals surface area contributed by atoms with Gasteiger partial charge in [-0.1, -0.05) is 17.7 Å². The number of rotatable bonds is 6. The van der Waals surface area contributed by atoms with Crippen LogP contribution in [0.5, 0.6) is 0 Å². The van der Waals surface area contributed by atoms with Crippen molar-refractivity contribution in [3.8, 4) is 0 Å². The Morgan fingerprint density at radius 1 is 1.11 bits per heavy atom. The van der Waals surface area contributed by atoms with Gasteiger partial charge in [0.2, 0.25) is 10.0 Å². The van der Waals surface area contributed by atoms with Crippen molar-refractivity contribution in [2.45, 2.75) is 18.4 Å². The smallest absolute Gasteiger partial charge is 0.255 e. The van der Waals surface area contributed by atoms with E-state index in [0.717, 1.165) is 5.56 Å². The van der Waals surface area contributed by atoms with Gasteiger partial charge in [-0.2, -0.15) is 0 Å². The Labute approximate surface area is 162 Å². The zero-order valence-electron chi connectivity index (χ0n) is 14.4. The van der Waals surface area contributed by atoms with Crippen LogP contribution in [0, 0.1) is 6.92 Å². The number of hydrogen-bond acceptors (Lipinski definition) is 4. The first-order chi connectivity index (χ1) is 12.8. The predicted octanol–water partition coefficient (Wildman–Crippen LogP) is 3.97. The maximum absolute atomic E-state index is 12.4. The SMILES string of the molecule is Cc1ccc(Cl)cc1NC(=O)c1ccc(S(=O)(=O)NCc2ccco2)cc1. The number of amides is 1. The highest BCUT2D eigenvalue weighted by Crippen LogP contribution is 2.21. The Morgan fingerprint density at radius 3 is 2.52 bits per heavy atom. The maximum Gasteiger partial charge on any atom is 0.255 e. The fraction of sp³-hybridized carbons (Fsp3) is 0.105. The minimum atomic E-state index is -3.71. The summed E-state index contributed by atoms with van der Waals surface area (Å²) in [5, 5.41) is 3.28. The minimum Gasteiger partial charge on any atom is -0.468 e. The number of benzene rings is 2. The van der Waals surface area contributed by atoms with E-state index in [0.29, 0.717) is 22.0 Å². The highest BCUT2D eigenvalue weighted by Gasteiger charge is 2.16. The first-order valence-electron chi connectivity index (χ1n) is 8.05. The minimum absolute atomic E-state index is 0.0472. The van der Waals surface area contributed by atoms with Crippen LogP contribution < -0.4 is 10.0 Å². The molecule has 8 heteroatoms. The van der Waals surface area contributed by atoms with Gasteiger partial charge in [0.25, 0.3) is 5.91 Å². The van der Waals surface area contributed by atoms with Crippen LogP contribution in [0.2, 0.25) is 5.02 Å². The first kappa shape index (κ1) is 19.2. The van der Waals surface area contributed by atoms with Crippen molar-refractivity contribution >= 4 is 33.2 Å². The van der Waals surface area contributed by atoms with Crippen molar-refractivity contribution in [3.05, 3.63) is 82.8 Å². The van der Waals surface area contributed by atoms with E-state index in [1.54, 1.807) is 30.3 Å². The average molecular weight is 405 g/mol. The van der Waals surface area contributed by atoms with Crippen molar-refractivity contribution in [1.29, 1.82) is 0 Å². The molecule has 2 aromatic carbocycles. The molecule has 0 unspecified atom stereocenters. The third-order valence-corrected chi connectivity index (χ3v) is 5.54. The number of carbonyl (C=O) groups is 1. The van der Waals surface area contributed by atoms with Crippen LogP contribution in [0.15, 0.2) is 70.2 Å². The second-order valence-electron chi connectivity index (χ2n) is 5.84. The number of anilines is 1. The van der Waals surface area contributed by atoms with E-state index >= 15 is 0 Å². The molecule has 1 aromatic heterocycles. The summed E-state index contributed by atoms with van der Waals surface area (Å²) < 4.78 is 32.2. The highest BCUT2D eigenvalue weighted by molar-refractivity contribution is 7.89. The molecule has 140 valence electrons. The lowest BCUT2D eigenvalue weighted by molar-refractivity contribution is 0.102. The quantitative estimate of drug-likeness (QED) is 0.650. The van der Waals surface area contributed by atoms with Crippen molar-refractivity contribution in [2.75, 3.05) is 5.32 Å². The Bertz CT molecular complexity index is 1050. The lowest BCUT2D eigenvalue weighted by Gasteiger charge is -2.10. The summed E-state index contributed by atoms with van der Waals surface area (Å²) >= 11 is 5.95. The molecule has 0 fully saturated rings. The Balaban J connectivity index is 1.70.